The molecule has 0 aliphatic heterocycles. The van der Waals surface area contributed by atoms with Crippen LogP contribution in [0.3, 0.4) is 0 Å². The predicted molar refractivity (Wildman–Crippen MR) is 69.8 cm³/mol. The maximum absolute atomic E-state index is 11.5. The van der Waals surface area contributed by atoms with E-state index in [-0.39, 0.29) is 5.97 Å². The van der Waals surface area contributed by atoms with Crippen molar-refractivity contribution in [3.8, 4) is 11.1 Å². The van der Waals surface area contributed by atoms with Crippen LogP contribution in [0.2, 0.25) is 0 Å². The molecule has 0 saturated carbocycles. The number of hydrogen-bond donors (Lipinski definition) is 0. The van der Waals surface area contributed by atoms with Gasteiger partial charge >= 0.3 is 5.97 Å². The number of esters is 1. The highest BCUT2D eigenvalue weighted by atomic mass is 16.5. The molecule has 0 fully saturated rings. The van der Waals surface area contributed by atoms with Gasteiger partial charge in [0.05, 0.1) is 18.9 Å². The number of methoxy groups -OCH3 is 1. The summed E-state index contributed by atoms with van der Waals surface area (Å²) in [6.45, 7) is 0. The fourth-order valence-corrected chi connectivity index (χ4v) is 1.91. The highest BCUT2D eigenvalue weighted by Crippen LogP contribution is 2.20. The Morgan fingerprint density at radius 2 is 2.16 bits per heavy atom. The molecule has 5 heteroatoms. The smallest absolute Gasteiger partial charge is 0.337 e. The molecular formula is C14H11N3O2. The molecule has 5 nitrogen and oxygen atoms in total. The SMILES string of the molecule is COC(=O)c1cccc(-c2cnn3ccnc3c2)c1. The zero-order valence-electron chi connectivity index (χ0n) is 10.3. The number of aromatic nitrogens is 3. The third-order valence-corrected chi connectivity index (χ3v) is 2.87. The zero-order chi connectivity index (χ0) is 13.2. The van der Waals surface area contributed by atoms with Gasteiger partial charge in [0.25, 0.3) is 0 Å². The minimum Gasteiger partial charge on any atom is -0.465 e. The average Bonchev–Trinajstić information content (AvgIpc) is 2.94. The first-order chi connectivity index (χ1) is 9.28. The van der Waals surface area contributed by atoms with Crippen molar-refractivity contribution in [1.82, 2.24) is 14.6 Å². The lowest BCUT2D eigenvalue weighted by molar-refractivity contribution is 0.0601. The molecule has 2 aromatic heterocycles. The Bertz CT molecular complexity index is 749. The van der Waals surface area contributed by atoms with E-state index in [4.69, 9.17) is 4.74 Å². The summed E-state index contributed by atoms with van der Waals surface area (Å²) in [5, 5.41) is 4.25. The van der Waals surface area contributed by atoms with E-state index in [1.54, 1.807) is 35.2 Å². The van der Waals surface area contributed by atoms with Crippen LogP contribution >= 0.6 is 0 Å². The fourth-order valence-electron chi connectivity index (χ4n) is 1.91. The molecular weight excluding hydrogens is 242 g/mol. The molecule has 94 valence electrons. The van der Waals surface area contributed by atoms with E-state index >= 15 is 0 Å². The van der Waals surface area contributed by atoms with E-state index in [0.717, 1.165) is 16.8 Å². The number of nitrogens with zero attached hydrogens (tertiary/aromatic N) is 3. The van der Waals surface area contributed by atoms with Gasteiger partial charge in [0.15, 0.2) is 5.65 Å². The Morgan fingerprint density at radius 3 is 3.00 bits per heavy atom. The van der Waals surface area contributed by atoms with Crippen molar-refractivity contribution in [2.75, 3.05) is 7.11 Å². The van der Waals surface area contributed by atoms with E-state index in [9.17, 15) is 4.79 Å². The van der Waals surface area contributed by atoms with Gasteiger partial charge in [-0.05, 0) is 23.8 Å². The van der Waals surface area contributed by atoms with Gasteiger partial charge in [-0.2, -0.15) is 5.10 Å². The Hall–Kier alpha value is -2.69. The van der Waals surface area contributed by atoms with Crippen molar-refractivity contribution in [2.24, 2.45) is 0 Å². The molecule has 0 atom stereocenters. The number of rotatable bonds is 2. The second kappa shape index (κ2) is 4.53. The van der Waals surface area contributed by atoms with Gasteiger partial charge in [0, 0.05) is 18.0 Å². The van der Waals surface area contributed by atoms with Crippen LogP contribution in [0.15, 0.2) is 48.9 Å². The number of hydrogen-bond acceptors (Lipinski definition) is 4. The molecule has 0 aliphatic carbocycles. The van der Waals surface area contributed by atoms with Gasteiger partial charge in [-0.1, -0.05) is 12.1 Å². The van der Waals surface area contributed by atoms with Crippen LogP contribution in [0.1, 0.15) is 10.4 Å². The van der Waals surface area contributed by atoms with E-state index in [2.05, 4.69) is 10.1 Å². The summed E-state index contributed by atoms with van der Waals surface area (Å²) in [6, 6.07) is 9.16. The normalized spacial score (nSPS) is 10.6. The van der Waals surface area contributed by atoms with Crippen LogP contribution in [0.4, 0.5) is 0 Å². The molecule has 0 aliphatic rings. The summed E-state index contributed by atoms with van der Waals surface area (Å²) in [5.41, 5.74) is 3.09. The third-order valence-electron chi connectivity index (χ3n) is 2.87. The maximum atomic E-state index is 11.5. The Kier molecular flexibility index (Phi) is 2.72. The Morgan fingerprint density at radius 1 is 1.26 bits per heavy atom. The van der Waals surface area contributed by atoms with E-state index in [0.29, 0.717) is 5.56 Å². The quantitative estimate of drug-likeness (QED) is 0.657. The van der Waals surface area contributed by atoms with Crippen molar-refractivity contribution < 1.29 is 9.53 Å². The summed E-state index contributed by atoms with van der Waals surface area (Å²) in [6.07, 6.45) is 5.21. The van der Waals surface area contributed by atoms with Crippen molar-refractivity contribution in [1.29, 1.82) is 0 Å². The van der Waals surface area contributed by atoms with Crippen LogP contribution in [0.5, 0.6) is 0 Å². The van der Waals surface area contributed by atoms with Gasteiger partial charge in [-0.25, -0.2) is 14.3 Å². The van der Waals surface area contributed by atoms with Gasteiger partial charge in [0.2, 0.25) is 0 Å². The minimum absolute atomic E-state index is 0.350. The molecule has 3 aromatic rings. The lowest BCUT2D eigenvalue weighted by Gasteiger charge is -2.04. The van der Waals surface area contributed by atoms with Crippen LogP contribution in [-0.2, 0) is 4.74 Å². The first-order valence-electron chi connectivity index (χ1n) is 5.76. The molecule has 0 amide bonds. The van der Waals surface area contributed by atoms with Crippen LogP contribution in [0.25, 0.3) is 16.8 Å². The van der Waals surface area contributed by atoms with Crippen LogP contribution < -0.4 is 0 Å². The van der Waals surface area contributed by atoms with Crippen molar-refractivity contribution in [2.45, 2.75) is 0 Å². The summed E-state index contributed by atoms with van der Waals surface area (Å²) in [4.78, 5) is 15.7. The number of benzene rings is 1. The van der Waals surface area contributed by atoms with Gasteiger partial charge < -0.3 is 4.74 Å². The van der Waals surface area contributed by atoms with Gasteiger partial charge in [-0.15, -0.1) is 0 Å². The number of fused-ring (bicyclic) bond motifs is 1. The highest BCUT2D eigenvalue weighted by molar-refractivity contribution is 5.91. The molecule has 0 saturated heterocycles. The maximum Gasteiger partial charge on any atom is 0.337 e. The Balaban J connectivity index is 2.07. The predicted octanol–water partition coefficient (Wildman–Crippen LogP) is 2.18. The molecule has 0 bridgehead atoms. The lowest BCUT2D eigenvalue weighted by Crippen LogP contribution is -2.01. The summed E-state index contributed by atoms with van der Waals surface area (Å²) >= 11 is 0. The fraction of sp³-hybridized carbons (Fsp3) is 0.0714. The van der Waals surface area contributed by atoms with E-state index < -0.39 is 0 Å². The summed E-state index contributed by atoms with van der Waals surface area (Å²) in [5.74, 6) is -0.350. The molecule has 19 heavy (non-hydrogen) atoms. The largest absolute Gasteiger partial charge is 0.465 e. The highest BCUT2D eigenvalue weighted by Gasteiger charge is 2.07. The Labute approximate surface area is 109 Å². The van der Waals surface area contributed by atoms with Gasteiger partial charge in [-0.3, -0.25) is 0 Å². The van der Waals surface area contributed by atoms with E-state index in [1.807, 2.05) is 18.2 Å². The standard InChI is InChI=1S/C14H11N3O2/c1-19-14(18)11-4-2-3-10(7-11)12-8-13-15-5-6-17(13)16-9-12/h2-9H,1H3. The molecule has 2 heterocycles. The second-order valence-corrected chi connectivity index (χ2v) is 4.05. The van der Waals surface area contributed by atoms with Crippen molar-refractivity contribution in [3.63, 3.8) is 0 Å². The minimum atomic E-state index is -0.350. The van der Waals surface area contributed by atoms with Crippen molar-refractivity contribution in [3.05, 3.63) is 54.5 Å². The summed E-state index contributed by atoms with van der Waals surface area (Å²) in [7, 11) is 1.37. The second-order valence-electron chi connectivity index (χ2n) is 4.05. The first kappa shape index (κ1) is 11.4. The van der Waals surface area contributed by atoms with E-state index in [1.165, 1.54) is 7.11 Å². The molecule has 0 N–H and O–H groups in total. The topological polar surface area (TPSA) is 56.5 Å². The third kappa shape index (κ3) is 2.06. The monoisotopic (exact) mass is 253 g/mol. The van der Waals surface area contributed by atoms with Gasteiger partial charge in [0.1, 0.15) is 0 Å². The summed E-state index contributed by atoms with van der Waals surface area (Å²) < 4.78 is 6.40. The first-order valence-corrected chi connectivity index (χ1v) is 5.76. The number of carbonyl (C=O) groups excluding carboxylic acids is 1. The molecule has 3 rings (SSSR count). The van der Waals surface area contributed by atoms with Crippen LogP contribution in [0, 0.1) is 0 Å². The molecule has 0 radical (unpaired) electrons. The molecule has 0 unspecified atom stereocenters. The lowest BCUT2D eigenvalue weighted by atomic mass is 10.1. The number of imidazole rings is 1. The van der Waals surface area contributed by atoms with Crippen molar-refractivity contribution >= 4 is 11.6 Å². The number of ether oxygens (including phenoxy) is 1. The molecule has 0 spiro atoms. The average molecular weight is 253 g/mol. The number of carbonyl (C=O) groups is 1. The zero-order valence-corrected chi connectivity index (χ0v) is 10.3. The molecule has 1 aromatic carbocycles. The van der Waals surface area contributed by atoms with Crippen LogP contribution in [-0.4, -0.2) is 27.7 Å².